The van der Waals surface area contributed by atoms with Crippen LogP contribution in [0, 0.1) is 0 Å². The molecule has 2 N–H and O–H groups in total. The van der Waals surface area contributed by atoms with Crippen molar-refractivity contribution in [1.82, 2.24) is 10.6 Å². The van der Waals surface area contributed by atoms with E-state index in [0.717, 1.165) is 6.54 Å². The molecule has 0 saturated heterocycles. The lowest BCUT2D eigenvalue weighted by atomic mass is 10.4. The van der Waals surface area contributed by atoms with Crippen LogP contribution in [0.4, 0.5) is 0 Å². The molecule has 1 saturated carbocycles. The Morgan fingerprint density at radius 2 is 2.00 bits per heavy atom. The molecule has 2 rings (SSSR count). The number of carbonyl (C=O) groups is 1. The molecule has 18 heavy (non-hydrogen) atoms. The molecule has 5 heteroatoms. The molecule has 1 aromatic carbocycles. The molecule has 0 unspecified atom stereocenters. The molecular formula is C13H19ClN2OS. The van der Waals surface area contributed by atoms with Crippen LogP contribution in [0.15, 0.2) is 35.2 Å². The van der Waals surface area contributed by atoms with Gasteiger partial charge < -0.3 is 10.6 Å². The molecule has 0 radical (unpaired) electrons. The number of thioether (sulfide) groups is 1. The Morgan fingerprint density at radius 3 is 2.56 bits per heavy atom. The molecule has 1 fully saturated rings. The highest BCUT2D eigenvalue weighted by Gasteiger charge is 2.43. The number of carbonyl (C=O) groups excluding carboxylic acids is 1. The molecule has 0 aliphatic heterocycles. The fourth-order valence-electron chi connectivity index (χ4n) is 1.68. The van der Waals surface area contributed by atoms with Crippen molar-refractivity contribution in [2.75, 3.05) is 20.1 Å². The number of nitrogens with one attached hydrogen (secondary N) is 2. The molecule has 1 aliphatic carbocycles. The van der Waals surface area contributed by atoms with E-state index in [1.165, 1.54) is 17.7 Å². The second-order valence-electron chi connectivity index (χ2n) is 4.41. The number of halogens is 1. The summed E-state index contributed by atoms with van der Waals surface area (Å²) in [5.41, 5.74) is 0. The zero-order valence-corrected chi connectivity index (χ0v) is 12.1. The van der Waals surface area contributed by atoms with Crippen LogP contribution in [-0.2, 0) is 4.79 Å². The van der Waals surface area contributed by atoms with E-state index in [4.69, 9.17) is 0 Å². The van der Waals surface area contributed by atoms with Crippen LogP contribution in [0.25, 0.3) is 0 Å². The number of amides is 1. The molecule has 0 spiro atoms. The number of hydrogen-bond donors (Lipinski definition) is 2. The second-order valence-corrected chi connectivity index (χ2v) is 5.95. The Hall–Kier alpha value is -0.710. The molecule has 0 heterocycles. The summed E-state index contributed by atoms with van der Waals surface area (Å²) in [5, 5.41) is 5.84. The van der Waals surface area contributed by atoms with Crippen molar-refractivity contribution in [2.24, 2.45) is 0 Å². The first kappa shape index (κ1) is 15.3. The van der Waals surface area contributed by atoms with E-state index < -0.39 is 0 Å². The lowest BCUT2D eigenvalue weighted by Gasteiger charge is -2.15. The van der Waals surface area contributed by atoms with Gasteiger partial charge in [0.2, 0.25) is 5.91 Å². The van der Waals surface area contributed by atoms with Crippen molar-refractivity contribution in [2.45, 2.75) is 22.5 Å². The summed E-state index contributed by atoms with van der Waals surface area (Å²) in [4.78, 5) is 12.7. The quantitative estimate of drug-likeness (QED) is 0.841. The average molecular weight is 287 g/mol. The molecule has 0 aromatic heterocycles. The Kier molecular flexibility index (Phi) is 5.99. The maximum absolute atomic E-state index is 11.4. The third-order valence-electron chi connectivity index (χ3n) is 2.83. The van der Waals surface area contributed by atoms with Gasteiger partial charge >= 0.3 is 0 Å². The maximum Gasteiger partial charge on any atom is 0.233 e. The molecule has 100 valence electrons. The fourth-order valence-corrected chi connectivity index (χ4v) is 2.92. The number of benzene rings is 1. The van der Waals surface area contributed by atoms with Gasteiger partial charge in [0.15, 0.2) is 0 Å². The van der Waals surface area contributed by atoms with E-state index in [0.29, 0.717) is 6.54 Å². The first-order chi connectivity index (χ1) is 8.24. The smallest absolute Gasteiger partial charge is 0.233 e. The molecule has 1 amide bonds. The summed E-state index contributed by atoms with van der Waals surface area (Å²) in [7, 11) is 1.78. The molecule has 3 nitrogen and oxygen atoms in total. The molecule has 0 atom stereocenters. The highest BCUT2D eigenvalue weighted by Crippen LogP contribution is 2.51. The van der Waals surface area contributed by atoms with Gasteiger partial charge in [0.1, 0.15) is 0 Å². The van der Waals surface area contributed by atoms with Crippen molar-refractivity contribution >= 4 is 30.1 Å². The Balaban J connectivity index is 0.00000162. The Morgan fingerprint density at radius 1 is 1.33 bits per heavy atom. The minimum Gasteiger partial charge on any atom is -0.354 e. The topological polar surface area (TPSA) is 41.1 Å². The van der Waals surface area contributed by atoms with Crippen LogP contribution < -0.4 is 10.6 Å². The van der Waals surface area contributed by atoms with Gasteiger partial charge in [0.05, 0.1) is 6.54 Å². The molecular weight excluding hydrogens is 268 g/mol. The van der Waals surface area contributed by atoms with Crippen molar-refractivity contribution in [3.8, 4) is 0 Å². The standard InChI is InChI=1S/C13H18N2OS.ClH/c1-14-9-12(16)15-10-13(7-8-13)17-11-5-3-2-4-6-11;/h2-6,14H,7-10H2,1H3,(H,15,16);1H. The van der Waals surface area contributed by atoms with Crippen molar-refractivity contribution in [3.63, 3.8) is 0 Å². The maximum atomic E-state index is 11.4. The third-order valence-corrected chi connectivity index (χ3v) is 4.32. The fraction of sp³-hybridized carbons (Fsp3) is 0.462. The van der Waals surface area contributed by atoms with Crippen LogP contribution >= 0.6 is 24.2 Å². The number of likely N-dealkylation sites (N-methyl/N-ethyl adjacent to an activating group) is 1. The summed E-state index contributed by atoms with van der Waals surface area (Å²) in [6, 6.07) is 10.4. The SMILES string of the molecule is CNCC(=O)NCC1(Sc2ccccc2)CC1.Cl. The molecule has 0 bridgehead atoms. The van der Waals surface area contributed by atoms with E-state index in [1.54, 1.807) is 7.05 Å². The van der Waals surface area contributed by atoms with Gasteiger partial charge in [0, 0.05) is 16.2 Å². The van der Waals surface area contributed by atoms with Crippen molar-refractivity contribution in [3.05, 3.63) is 30.3 Å². The zero-order valence-electron chi connectivity index (χ0n) is 10.4. The number of hydrogen-bond acceptors (Lipinski definition) is 3. The predicted octanol–water partition coefficient (Wildman–Crippen LogP) is 2.07. The van der Waals surface area contributed by atoms with Gasteiger partial charge in [-0.15, -0.1) is 24.2 Å². The van der Waals surface area contributed by atoms with E-state index in [9.17, 15) is 4.79 Å². The first-order valence-electron chi connectivity index (χ1n) is 5.89. The minimum atomic E-state index is 0. The van der Waals surface area contributed by atoms with Gasteiger partial charge in [0.25, 0.3) is 0 Å². The van der Waals surface area contributed by atoms with E-state index in [2.05, 4.69) is 34.9 Å². The van der Waals surface area contributed by atoms with Crippen LogP contribution in [0.5, 0.6) is 0 Å². The van der Waals surface area contributed by atoms with Gasteiger partial charge in [-0.25, -0.2) is 0 Å². The highest BCUT2D eigenvalue weighted by molar-refractivity contribution is 8.01. The van der Waals surface area contributed by atoms with Gasteiger partial charge in [-0.1, -0.05) is 18.2 Å². The summed E-state index contributed by atoms with van der Waals surface area (Å²) >= 11 is 1.88. The van der Waals surface area contributed by atoms with Crippen LogP contribution in [-0.4, -0.2) is 30.8 Å². The summed E-state index contributed by atoms with van der Waals surface area (Å²) in [6.45, 7) is 1.17. The Labute approximate surface area is 119 Å². The predicted molar refractivity (Wildman–Crippen MR) is 78.4 cm³/mol. The molecule has 1 aliphatic rings. The lowest BCUT2D eigenvalue weighted by Crippen LogP contribution is -2.37. The van der Waals surface area contributed by atoms with Crippen LogP contribution in [0.1, 0.15) is 12.8 Å². The minimum absolute atomic E-state index is 0. The lowest BCUT2D eigenvalue weighted by molar-refractivity contribution is -0.120. The van der Waals surface area contributed by atoms with Gasteiger partial charge in [-0.05, 0) is 32.0 Å². The van der Waals surface area contributed by atoms with Crippen molar-refractivity contribution < 1.29 is 4.79 Å². The van der Waals surface area contributed by atoms with E-state index in [-0.39, 0.29) is 23.1 Å². The summed E-state index contributed by atoms with van der Waals surface area (Å²) in [5.74, 6) is 0.0763. The average Bonchev–Trinajstić information content (AvgIpc) is 3.09. The van der Waals surface area contributed by atoms with Crippen LogP contribution in [0.2, 0.25) is 0 Å². The van der Waals surface area contributed by atoms with Gasteiger partial charge in [-0.3, -0.25) is 4.79 Å². The highest BCUT2D eigenvalue weighted by atomic mass is 35.5. The molecule has 1 aromatic rings. The largest absolute Gasteiger partial charge is 0.354 e. The summed E-state index contributed by atoms with van der Waals surface area (Å²) < 4.78 is 0.241. The zero-order chi connectivity index (χ0) is 12.1. The third kappa shape index (κ3) is 4.52. The van der Waals surface area contributed by atoms with Gasteiger partial charge in [-0.2, -0.15) is 0 Å². The van der Waals surface area contributed by atoms with E-state index >= 15 is 0 Å². The monoisotopic (exact) mass is 286 g/mol. The first-order valence-corrected chi connectivity index (χ1v) is 6.71. The van der Waals surface area contributed by atoms with Crippen LogP contribution in [0.3, 0.4) is 0 Å². The van der Waals surface area contributed by atoms with Crippen molar-refractivity contribution in [1.29, 1.82) is 0 Å². The summed E-state index contributed by atoms with van der Waals surface area (Å²) in [6.07, 6.45) is 2.37. The number of rotatable bonds is 6. The Bertz CT molecular complexity index is 382. The van der Waals surface area contributed by atoms with E-state index in [1.807, 2.05) is 17.8 Å². The second kappa shape index (κ2) is 7.02. The normalized spacial score (nSPS) is 15.6.